The zero-order valence-corrected chi connectivity index (χ0v) is 19.8. The van der Waals surface area contributed by atoms with Crippen molar-refractivity contribution in [1.29, 1.82) is 0 Å². The van der Waals surface area contributed by atoms with Crippen LogP contribution in [-0.4, -0.2) is 81.4 Å². The van der Waals surface area contributed by atoms with Gasteiger partial charge in [0, 0.05) is 44.0 Å². The molecule has 176 valence electrons. The number of nitrogens with zero attached hydrogens (tertiary/aromatic N) is 3. The van der Waals surface area contributed by atoms with E-state index in [9.17, 15) is 13.2 Å². The minimum atomic E-state index is -3.73. The quantitative estimate of drug-likeness (QED) is 0.589. The molecule has 1 aromatic carbocycles. The third-order valence-electron chi connectivity index (χ3n) is 6.44. The highest BCUT2D eigenvalue weighted by Gasteiger charge is 2.37. The maximum Gasteiger partial charge on any atom is 0.246 e. The van der Waals surface area contributed by atoms with Gasteiger partial charge in [-0.2, -0.15) is 4.31 Å². The molecule has 0 spiro atoms. The van der Waals surface area contributed by atoms with E-state index in [1.165, 1.54) is 36.7 Å². The molecule has 9 heteroatoms. The van der Waals surface area contributed by atoms with Gasteiger partial charge in [-0.15, -0.1) is 0 Å². The summed E-state index contributed by atoms with van der Waals surface area (Å²) in [4.78, 5) is 17.3. The number of ether oxygens (including phenoxy) is 2. The maximum atomic E-state index is 13.3. The largest absolute Gasteiger partial charge is 0.497 e. The van der Waals surface area contributed by atoms with Crippen LogP contribution >= 0.6 is 0 Å². The van der Waals surface area contributed by atoms with Crippen molar-refractivity contribution in [3.63, 3.8) is 0 Å². The van der Waals surface area contributed by atoms with Crippen molar-refractivity contribution in [1.82, 2.24) is 14.1 Å². The van der Waals surface area contributed by atoms with E-state index in [0.29, 0.717) is 50.3 Å². The number of benzene rings is 1. The zero-order valence-electron chi connectivity index (χ0n) is 19.0. The fraction of sp³-hybridized carbons (Fsp3) is 0.609. The molecule has 2 aliphatic carbocycles. The average molecular weight is 464 g/mol. The van der Waals surface area contributed by atoms with Crippen molar-refractivity contribution < 1.29 is 22.7 Å². The monoisotopic (exact) mass is 463 g/mol. The number of hydrogen-bond acceptors (Lipinski definition) is 6. The molecular formula is C23H33N3O5S. The Kier molecular flexibility index (Phi) is 7.07. The van der Waals surface area contributed by atoms with Crippen molar-refractivity contribution in [3.8, 4) is 11.5 Å². The lowest BCUT2D eigenvalue weighted by molar-refractivity contribution is -0.131. The van der Waals surface area contributed by atoms with Crippen molar-refractivity contribution in [2.24, 2.45) is 0 Å². The standard InChI is InChI=1S/C23H33N3O5S/c1-30-20-10-11-21(31-2)22(16-20)32(28,29)25-14-12-24(13-15-25)17-23(27)26(19-8-9-19)18-6-4-3-5-7-18/h6,10-11,16,19H,3-5,7-9,12-15,17H2,1-2H3. The number of carbonyl (C=O) groups is 1. The van der Waals surface area contributed by atoms with Crippen LogP contribution in [0, 0.1) is 0 Å². The van der Waals surface area contributed by atoms with Gasteiger partial charge >= 0.3 is 0 Å². The number of rotatable bonds is 8. The van der Waals surface area contributed by atoms with Gasteiger partial charge in [0.25, 0.3) is 0 Å². The summed E-state index contributed by atoms with van der Waals surface area (Å²) < 4.78 is 38.5. The Morgan fingerprint density at radius 3 is 2.44 bits per heavy atom. The first-order chi connectivity index (χ1) is 15.4. The zero-order chi connectivity index (χ0) is 22.7. The smallest absolute Gasteiger partial charge is 0.246 e. The molecule has 1 amide bonds. The fourth-order valence-electron chi connectivity index (χ4n) is 4.49. The summed E-state index contributed by atoms with van der Waals surface area (Å²) in [5.41, 5.74) is 1.19. The normalized spacial score (nSPS) is 20.5. The van der Waals surface area contributed by atoms with E-state index in [1.807, 2.05) is 4.90 Å². The Morgan fingerprint density at radius 1 is 1.09 bits per heavy atom. The van der Waals surface area contributed by atoms with Gasteiger partial charge in [0.05, 0.1) is 20.8 Å². The molecule has 2 fully saturated rings. The van der Waals surface area contributed by atoms with Crippen molar-refractivity contribution in [2.75, 3.05) is 46.9 Å². The van der Waals surface area contributed by atoms with E-state index >= 15 is 0 Å². The summed E-state index contributed by atoms with van der Waals surface area (Å²) in [5.74, 6) is 0.904. The minimum absolute atomic E-state index is 0.105. The molecule has 4 rings (SSSR count). The maximum absolute atomic E-state index is 13.3. The molecule has 0 atom stereocenters. The highest BCUT2D eigenvalue weighted by molar-refractivity contribution is 7.89. The van der Waals surface area contributed by atoms with Crippen LogP contribution in [0.15, 0.2) is 34.9 Å². The van der Waals surface area contributed by atoms with Crippen molar-refractivity contribution in [3.05, 3.63) is 30.0 Å². The van der Waals surface area contributed by atoms with E-state index in [-0.39, 0.29) is 10.8 Å². The van der Waals surface area contributed by atoms with Crippen LogP contribution in [0.3, 0.4) is 0 Å². The number of amides is 1. The Hall–Kier alpha value is -2.10. The summed E-state index contributed by atoms with van der Waals surface area (Å²) in [5, 5.41) is 0. The third-order valence-corrected chi connectivity index (χ3v) is 8.36. The second kappa shape index (κ2) is 9.80. The number of allylic oxidation sites excluding steroid dienone is 2. The van der Waals surface area contributed by atoms with E-state index < -0.39 is 10.0 Å². The van der Waals surface area contributed by atoms with E-state index in [4.69, 9.17) is 9.47 Å². The minimum Gasteiger partial charge on any atom is -0.497 e. The van der Waals surface area contributed by atoms with E-state index in [1.54, 1.807) is 12.1 Å². The Labute approximate surface area is 190 Å². The number of methoxy groups -OCH3 is 2. The van der Waals surface area contributed by atoms with Crippen LogP contribution in [0.25, 0.3) is 0 Å². The molecule has 0 bridgehead atoms. The lowest BCUT2D eigenvalue weighted by Crippen LogP contribution is -2.51. The summed E-state index contributed by atoms with van der Waals surface area (Å²) in [6, 6.07) is 5.13. The number of carbonyl (C=O) groups excluding carboxylic acids is 1. The van der Waals surface area contributed by atoms with Crippen LogP contribution in [0.5, 0.6) is 11.5 Å². The third kappa shape index (κ3) is 4.94. The molecule has 32 heavy (non-hydrogen) atoms. The first kappa shape index (κ1) is 23.1. The molecule has 1 saturated carbocycles. The molecule has 0 radical (unpaired) electrons. The van der Waals surface area contributed by atoms with Crippen LogP contribution in [0.2, 0.25) is 0 Å². The highest BCUT2D eigenvalue weighted by atomic mass is 32.2. The van der Waals surface area contributed by atoms with Gasteiger partial charge in [-0.3, -0.25) is 9.69 Å². The first-order valence-corrected chi connectivity index (χ1v) is 12.8. The molecule has 1 heterocycles. The molecule has 8 nitrogen and oxygen atoms in total. The van der Waals surface area contributed by atoms with Gasteiger partial charge in [-0.1, -0.05) is 6.08 Å². The topological polar surface area (TPSA) is 79.4 Å². The summed E-state index contributed by atoms with van der Waals surface area (Å²) >= 11 is 0. The number of hydrogen-bond donors (Lipinski definition) is 0. The lowest BCUT2D eigenvalue weighted by Gasteiger charge is -2.35. The molecule has 1 saturated heterocycles. The van der Waals surface area contributed by atoms with Gasteiger partial charge in [-0.05, 0) is 50.7 Å². The van der Waals surface area contributed by atoms with Crippen LogP contribution in [0.4, 0.5) is 0 Å². The highest BCUT2D eigenvalue weighted by Crippen LogP contribution is 2.34. The number of piperazine rings is 1. The predicted octanol–water partition coefficient (Wildman–Crippen LogP) is 2.46. The Morgan fingerprint density at radius 2 is 1.84 bits per heavy atom. The Balaban J connectivity index is 1.39. The molecular weight excluding hydrogens is 430 g/mol. The van der Waals surface area contributed by atoms with Gasteiger partial charge in [0.15, 0.2) is 0 Å². The van der Waals surface area contributed by atoms with Crippen LogP contribution in [0.1, 0.15) is 38.5 Å². The second-order valence-corrected chi connectivity index (χ2v) is 10.5. The molecule has 0 unspecified atom stereocenters. The van der Waals surface area contributed by atoms with Gasteiger partial charge in [-0.25, -0.2) is 8.42 Å². The first-order valence-electron chi connectivity index (χ1n) is 11.4. The van der Waals surface area contributed by atoms with Crippen LogP contribution < -0.4 is 9.47 Å². The van der Waals surface area contributed by atoms with Gasteiger partial charge in [0.1, 0.15) is 16.4 Å². The van der Waals surface area contributed by atoms with E-state index in [2.05, 4.69) is 11.0 Å². The van der Waals surface area contributed by atoms with E-state index in [0.717, 1.165) is 32.1 Å². The average Bonchev–Trinajstić information content (AvgIpc) is 3.65. The fourth-order valence-corrected chi connectivity index (χ4v) is 6.08. The SMILES string of the molecule is COc1ccc(OC)c(S(=O)(=O)N2CCN(CC(=O)N(C3=CCCCC3)C3CC3)CC2)c1. The van der Waals surface area contributed by atoms with Crippen LogP contribution in [-0.2, 0) is 14.8 Å². The molecule has 1 aliphatic heterocycles. The van der Waals surface area contributed by atoms with Crippen molar-refractivity contribution >= 4 is 15.9 Å². The number of sulfonamides is 1. The Bertz CT molecular complexity index is 966. The summed E-state index contributed by atoms with van der Waals surface area (Å²) in [7, 11) is -0.771. The summed E-state index contributed by atoms with van der Waals surface area (Å²) in [6.07, 6.45) is 8.77. The van der Waals surface area contributed by atoms with Gasteiger partial charge in [0.2, 0.25) is 15.9 Å². The predicted molar refractivity (Wildman–Crippen MR) is 121 cm³/mol. The lowest BCUT2D eigenvalue weighted by atomic mass is 10.0. The van der Waals surface area contributed by atoms with Crippen molar-refractivity contribution in [2.45, 2.75) is 49.5 Å². The molecule has 3 aliphatic rings. The molecule has 1 aromatic rings. The second-order valence-electron chi connectivity index (χ2n) is 8.63. The molecule has 0 aromatic heterocycles. The molecule has 0 N–H and O–H groups in total. The summed E-state index contributed by atoms with van der Waals surface area (Å²) in [6.45, 7) is 2.05. The van der Waals surface area contributed by atoms with Gasteiger partial charge < -0.3 is 14.4 Å².